The number of thiazole rings is 1. The first-order valence-electron chi connectivity index (χ1n) is 7.36. The Labute approximate surface area is 144 Å². The van der Waals surface area contributed by atoms with Gasteiger partial charge in [-0.25, -0.2) is 14.6 Å². The van der Waals surface area contributed by atoms with Crippen LogP contribution in [0.1, 0.15) is 15.9 Å². The average Bonchev–Trinajstić information content (AvgIpc) is 3.06. The predicted octanol–water partition coefficient (Wildman–Crippen LogP) is 3.47. The van der Waals surface area contributed by atoms with Crippen molar-refractivity contribution in [1.82, 2.24) is 4.98 Å². The molecule has 124 valence electrons. The van der Waals surface area contributed by atoms with Crippen molar-refractivity contribution in [2.24, 2.45) is 0 Å². The first kappa shape index (κ1) is 15.3. The number of phenolic OH excluding ortho intramolecular Hbond substituents is 1. The zero-order valence-corrected chi connectivity index (χ0v) is 13.6. The van der Waals surface area contributed by atoms with Crippen LogP contribution in [0.3, 0.4) is 0 Å². The highest BCUT2D eigenvalue weighted by Crippen LogP contribution is 2.23. The number of aromatic hydroxyl groups is 1. The molecule has 0 radical (unpaired) electrons. The Morgan fingerprint density at radius 1 is 1.20 bits per heavy atom. The van der Waals surface area contributed by atoms with Gasteiger partial charge in [-0.3, -0.25) is 0 Å². The summed E-state index contributed by atoms with van der Waals surface area (Å²) in [5.74, 6) is -0.502. The predicted molar refractivity (Wildman–Crippen MR) is 92.9 cm³/mol. The van der Waals surface area contributed by atoms with Gasteiger partial charge in [-0.1, -0.05) is 0 Å². The van der Waals surface area contributed by atoms with Gasteiger partial charge in [0.25, 0.3) is 0 Å². The summed E-state index contributed by atoms with van der Waals surface area (Å²) in [5.41, 5.74) is 3.14. The summed E-state index contributed by atoms with van der Waals surface area (Å²) in [7, 11) is 0. The molecular formula is C18H11NO5S. The summed E-state index contributed by atoms with van der Waals surface area (Å²) in [4.78, 5) is 28.1. The van der Waals surface area contributed by atoms with Gasteiger partial charge in [0.1, 0.15) is 17.9 Å². The van der Waals surface area contributed by atoms with Crippen LogP contribution in [0.15, 0.2) is 57.2 Å². The third-order valence-electron chi connectivity index (χ3n) is 3.74. The van der Waals surface area contributed by atoms with E-state index in [0.29, 0.717) is 16.5 Å². The van der Waals surface area contributed by atoms with Gasteiger partial charge in [0.15, 0.2) is 0 Å². The second-order valence-electron chi connectivity index (χ2n) is 5.38. The molecule has 0 saturated carbocycles. The second kappa shape index (κ2) is 6.03. The molecule has 2 heterocycles. The van der Waals surface area contributed by atoms with Crippen molar-refractivity contribution in [1.29, 1.82) is 0 Å². The van der Waals surface area contributed by atoms with E-state index in [0.717, 1.165) is 10.2 Å². The molecule has 7 heteroatoms. The largest absolute Gasteiger partial charge is 0.508 e. The minimum absolute atomic E-state index is 0.0114. The molecule has 0 unspecified atom stereocenters. The molecule has 0 saturated heterocycles. The van der Waals surface area contributed by atoms with Crippen LogP contribution in [-0.4, -0.2) is 16.1 Å². The van der Waals surface area contributed by atoms with E-state index in [9.17, 15) is 14.7 Å². The zero-order chi connectivity index (χ0) is 17.4. The molecule has 0 amide bonds. The topological polar surface area (TPSA) is 89.6 Å². The van der Waals surface area contributed by atoms with Crippen LogP contribution < -0.4 is 5.63 Å². The van der Waals surface area contributed by atoms with Crippen molar-refractivity contribution >= 4 is 38.5 Å². The maximum atomic E-state index is 12.3. The Hall–Kier alpha value is -3.19. The number of esters is 1. The average molecular weight is 353 g/mol. The summed E-state index contributed by atoms with van der Waals surface area (Å²) in [6.45, 7) is -0.0769. The van der Waals surface area contributed by atoms with Gasteiger partial charge >= 0.3 is 11.6 Å². The zero-order valence-electron chi connectivity index (χ0n) is 12.8. The van der Waals surface area contributed by atoms with Crippen molar-refractivity contribution in [3.8, 4) is 5.75 Å². The lowest BCUT2D eigenvalue weighted by atomic mass is 10.1. The first-order chi connectivity index (χ1) is 12.1. The molecule has 0 spiro atoms. The Balaban J connectivity index is 1.61. The van der Waals surface area contributed by atoms with Crippen molar-refractivity contribution in [2.45, 2.75) is 6.61 Å². The van der Waals surface area contributed by atoms with Gasteiger partial charge in [0, 0.05) is 23.1 Å². The van der Waals surface area contributed by atoms with Gasteiger partial charge in [-0.15, -0.1) is 11.3 Å². The van der Waals surface area contributed by atoms with Crippen LogP contribution >= 0.6 is 11.3 Å². The molecule has 2 aromatic heterocycles. The first-order valence-corrected chi connectivity index (χ1v) is 8.24. The number of carbonyl (C=O) groups is 1. The van der Waals surface area contributed by atoms with Crippen molar-refractivity contribution in [3.63, 3.8) is 0 Å². The fourth-order valence-corrected chi connectivity index (χ4v) is 3.26. The molecule has 0 fully saturated rings. The van der Waals surface area contributed by atoms with Crippen LogP contribution in [0, 0.1) is 0 Å². The van der Waals surface area contributed by atoms with Crippen LogP contribution in [0.4, 0.5) is 0 Å². The maximum Gasteiger partial charge on any atom is 0.338 e. The number of hydrogen-bond donors (Lipinski definition) is 1. The Morgan fingerprint density at radius 2 is 2.08 bits per heavy atom. The molecule has 6 nitrogen and oxygen atoms in total. The number of ether oxygens (including phenoxy) is 1. The minimum atomic E-state index is -0.574. The van der Waals surface area contributed by atoms with E-state index in [1.165, 1.54) is 29.5 Å². The smallest absolute Gasteiger partial charge is 0.338 e. The second-order valence-corrected chi connectivity index (χ2v) is 6.27. The highest BCUT2D eigenvalue weighted by molar-refractivity contribution is 7.16. The quantitative estimate of drug-likeness (QED) is 0.448. The van der Waals surface area contributed by atoms with Gasteiger partial charge in [0.05, 0.1) is 21.3 Å². The van der Waals surface area contributed by atoms with Gasteiger partial charge in [-0.2, -0.15) is 0 Å². The number of nitrogens with zero attached hydrogens (tertiary/aromatic N) is 1. The molecular weight excluding hydrogens is 342 g/mol. The van der Waals surface area contributed by atoms with Crippen LogP contribution in [0.5, 0.6) is 5.75 Å². The van der Waals surface area contributed by atoms with E-state index in [1.807, 2.05) is 0 Å². The van der Waals surface area contributed by atoms with E-state index in [-0.39, 0.29) is 17.9 Å². The van der Waals surface area contributed by atoms with E-state index >= 15 is 0 Å². The fraction of sp³-hybridized carbons (Fsp3) is 0.0556. The third-order valence-corrected chi connectivity index (χ3v) is 4.53. The molecule has 1 N–H and O–H groups in total. The summed E-state index contributed by atoms with van der Waals surface area (Å²) >= 11 is 1.44. The van der Waals surface area contributed by atoms with Crippen LogP contribution in [0.25, 0.3) is 21.2 Å². The van der Waals surface area contributed by atoms with Crippen LogP contribution in [-0.2, 0) is 11.3 Å². The molecule has 25 heavy (non-hydrogen) atoms. The lowest BCUT2D eigenvalue weighted by molar-refractivity contribution is 0.0474. The van der Waals surface area contributed by atoms with E-state index < -0.39 is 11.6 Å². The van der Waals surface area contributed by atoms with Crippen molar-refractivity contribution < 1.29 is 19.1 Å². The third kappa shape index (κ3) is 2.97. The molecule has 0 bridgehead atoms. The molecule has 0 atom stereocenters. The number of benzene rings is 2. The highest BCUT2D eigenvalue weighted by atomic mass is 32.1. The lowest BCUT2D eigenvalue weighted by Crippen LogP contribution is -2.07. The van der Waals surface area contributed by atoms with Gasteiger partial charge < -0.3 is 14.3 Å². The number of phenols is 1. The summed E-state index contributed by atoms with van der Waals surface area (Å²) in [6.07, 6.45) is 0. The molecule has 0 aliphatic carbocycles. The maximum absolute atomic E-state index is 12.3. The number of aromatic nitrogens is 1. The summed E-state index contributed by atoms with van der Waals surface area (Å²) in [5, 5.41) is 10.1. The number of hydrogen-bond acceptors (Lipinski definition) is 7. The molecule has 2 aromatic carbocycles. The van der Waals surface area contributed by atoms with E-state index in [2.05, 4.69) is 4.98 Å². The highest BCUT2D eigenvalue weighted by Gasteiger charge is 2.12. The molecule has 0 aliphatic rings. The Morgan fingerprint density at radius 3 is 2.96 bits per heavy atom. The minimum Gasteiger partial charge on any atom is -0.508 e. The Kier molecular flexibility index (Phi) is 3.70. The summed E-state index contributed by atoms with van der Waals surface area (Å²) in [6, 6.07) is 10.9. The Bertz CT molecular complexity index is 1160. The van der Waals surface area contributed by atoms with Gasteiger partial charge in [0.2, 0.25) is 0 Å². The molecule has 4 rings (SSSR count). The van der Waals surface area contributed by atoms with Crippen molar-refractivity contribution in [2.75, 3.05) is 0 Å². The van der Waals surface area contributed by atoms with Gasteiger partial charge in [-0.05, 0) is 30.3 Å². The summed E-state index contributed by atoms with van der Waals surface area (Å²) < 4.78 is 11.3. The lowest BCUT2D eigenvalue weighted by Gasteiger charge is -2.07. The van der Waals surface area contributed by atoms with Crippen LogP contribution in [0.2, 0.25) is 0 Å². The molecule has 0 aliphatic heterocycles. The standard InChI is InChI=1S/C18H11NO5S/c20-12-2-3-13-11(6-17(21)24-15(13)7-12)8-23-18(22)10-1-4-14-16(5-10)25-9-19-14/h1-7,9,20H,8H2. The van der Waals surface area contributed by atoms with E-state index in [1.54, 1.807) is 29.8 Å². The fourth-order valence-electron chi connectivity index (χ4n) is 2.55. The monoisotopic (exact) mass is 353 g/mol. The molecule has 4 aromatic rings. The normalized spacial score (nSPS) is 11.0. The number of fused-ring (bicyclic) bond motifs is 2. The number of carbonyl (C=O) groups excluding carboxylic acids is 1. The van der Waals surface area contributed by atoms with E-state index in [4.69, 9.17) is 9.15 Å². The SMILES string of the molecule is O=C(OCc1cc(=O)oc2cc(O)ccc12)c1ccc2ncsc2c1. The van der Waals surface area contributed by atoms with Crippen molar-refractivity contribution in [3.05, 3.63) is 69.5 Å². The number of rotatable bonds is 3.